The highest BCUT2D eigenvalue weighted by atomic mass is 127. The fourth-order valence-corrected chi connectivity index (χ4v) is 2.64. The molecule has 0 spiro atoms. The molecule has 1 atom stereocenters. The van der Waals surface area contributed by atoms with Crippen molar-refractivity contribution in [3.05, 3.63) is 54.3 Å². The Labute approximate surface area is 199 Å². The van der Waals surface area contributed by atoms with E-state index in [2.05, 4.69) is 20.9 Å². The van der Waals surface area contributed by atoms with Gasteiger partial charge in [-0.1, -0.05) is 19.1 Å². The molecule has 0 saturated carbocycles. The summed E-state index contributed by atoms with van der Waals surface area (Å²) in [6, 6.07) is 13.3. The number of hydrogen-bond donors (Lipinski definition) is 3. The molecular weight excluding hydrogens is 514 g/mol. The zero-order valence-corrected chi connectivity index (χ0v) is 20.3. The molecule has 0 aromatic heterocycles. The lowest BCUT2D eigenvalue weighted by molar-refractivity contribution is -0.114. The number of aliphatic imine (C=N–C) groups is 1. The Bertz CT molecular complexity index is 851. The van der Waals surface area contributed by atoms with Crippen molar-refractivity contribution in [2.24, 2.45) is 4.99 Å². The van der Waals surface area contributed by atoms with Gasteiger partial charge in [-0.3, -0.25) is 9.79 Å². The summed E-state index contributed by atoms with van der Waals surface area (Å²) >= 11 is 0. The number of benzene rings is 2. The minimum absolute atomic E-state index is 0. The number of nitrogens with one attached hydrogen (secondary N) is 3. The maximum absolute atomic E-state index is 13.3. The van der Waals surface area contributed by atoms with Crippen LogP contribution in [0.2, 0.25) is 0 Å². The van der Waals surface area contributed by atoms with E-state index in [1.807, 2.05) is 19.1 Å². The zero-order chi connectivity index (χ0) is 21.8. The topological polar surface area (TPSA) is 84.0 Å². The van der Waals surface area contributed by atoms with Crippen LogP contribution in [0.5, 0.6) is 11.5 Å². The summed E-state index contributed by atoms with van der Waals surface area (Å²) in [7, 11) is 1.68. The highest BCUT2D eigenvalue weighted by molar-refractivity contribution is 14.0. The average Bonchev–Trinajstić information content (AvgIpc) is 2.72. The highest BCUT2D eigenvalue weighted by Crippen LogP contribution is 2.17. The van der Waals surface area contributed by atoms with E-state index in [-0.39, 0.29) is 41.8 Å². The first kappa shape index (κ1) is 26.5. The molecule has 0 aliphatic heterocycles. The number of carbonyl (C=O) groups excluding carboxylic acids is 1. The lowest BCUT2D eigenvalue weighted by Crippen LogP contribution is -2.43. The van der Waals surface area contributed by atoms with Crippen LogP contribution in [0, 0.1) is 5.82 Å². The molecule has 31 heavy (non-hydrogen) atoms. The number of amides is 1. The van der Waals surface area contributed by atoms with Crippen LogP contribution in [0.4, 0.5) is 10.1 Å². The van der Waals surface area contributed by atoms with Gasteiger partial charge < -0.3 is 25.4 Å². The predicted molar refractivity (Wildman–Crippen MR) is 132 cm³/mol. The van der Waals surface area contributed by atoms with Crippen molar-refractivity contribution >= 4 is 41.5 Å². The lowest BCUT2D eigenvalue weighted by atomic mass is 10.2. The fraction of sp³-hybridized carbons (Fsp3) is 0.364. The summed E-state index contributed by atoms with van der Waals surface area (Å²) in [5.41, 5.74) is 0.689. The molecular formula is C22H30FIN4O3. The summed E-state index contributed by atoms with van der Waals surface area (Å²) in [6.45, 7) is 4.94. The van der Waals surface area contributed by atoms with Crippen LogP contribution in [0.3, 0.4) is 0 Å². The van der Waals surface area contributed by atoms with Gasteiger partial charge in [0, 0.05) is 31.8 Å². The van der Waals surface area contributed by atoms with Gasteiger partial charge in [0.25, 0.3) is 0 Å². The number of rotatable bonds is 10. The van der Waals surface area contributed by atoms with Crippen molar-refractivity contribution in [3.63, 3.8) is 0 Å². The van der Waals surface area contributed by atoms with Crippen molar-refractivity contribution in [2.75, 3.05) is 32.1 Å². The Morgan fingerprint density at radius 3 is 2.55 bits per heavy atom. The molecule has 170 valence electrons. The van der Waals surface area contributed by atoms with E-state index in [9.17, 15) is 9.18 Å². The Hall–Kier alpha value is -2.56. The number of guanidine groups is 1. The standard InChI is InChI=1S/C22H29FN4O3.HI/c1-4-19(30-21-10-5-7-17(23)13-21)15-26-22(24-3)25-11-12-29-20-9-6-8-18(14-20)27-16(2)28;/h5-10,13-14,19H,4,11-12,15H2,1-3H3,(H,27,28)(H2,24,25,26);1H. The lowest BCUT2D eigenvalue weighted by Gasteiger charge is -2.20. The summed E-state index contributed by atoms with van der Waals surface area (Å²) in [6.07, 6.45) is 0.631. The maximum Gasteiger partial charge on any atom is 0.221 e. The van der Waals surface area contributed by atoms with Gasteiger partial charge in [-0.15, -0.1) is 24.0 Å². The third kappa shape index (κ3) is 10.3. The normalized spacial score (nSPS) is 11.7. The average molecular weight is 544 g/mol. The second-order valence-corrected chi connectivity index (χ2v) is 6.54. The van der Waals surface area contributed by atoms with Crippen molar-refractivity contribution in [3.8, 4) is 11.5 Å². The van der Waals surface area contributed by atoms with Crippen molar-refractivity contribution in [1.29, 1.82) is 0 Å². The van der Waals surface area contributed by atoms with Crippen LogP contribution in [0.15, 0.2) is 53.5 Å². The molecule has 0 fully saturated rings. The summed E-state index contributed by atoms with van der Waals surface area (Å²) in [4.78, 5) is 15.3. The monoisotopic (exact) mass is 544 g/mol. The summed E-state index contributed by atoms with van der Waals surface area (Å²) in [5, 5.41) is 9.09. The van der Waals surface area contributed by atoms with E-state index >= 15 is 0 Å². The van der Waals surface area contributed by atoms with Crippen molar-refractivity contribution in [1.82, 2.24) is 10.6 Å². The highest BCUT2D eigenvalue weighted by Gasteiger charge is 2.10. The number of carbonyl (C=O) groups is 1. The van der Waals surface area contributed by atoms with Gasteiger partial charge in [0.15, 0.2) is 5.96 Å². The third-order valence-electron chi connectivity index (χ3n) is 4.09. The number of halogens is 2. The van der Waals surface area contributed by atoms with Gasteiger partial charge in [-0.05, 0) is 30.7 Å². The molecule has 2 rings (SSSR count). The first-order chi connectivity index (χ1) is 14.5. The quantitative estimate of drug-likeness (QED) is 0.184. The van der Waals surface area contributed by atoms with E-state index < -0.39 is 0 Å². The zero-order valence-electron chi connectivity index (χ0n) is 18.0. The predicted octanol–water partition coefficient (Wildman–Crippen LogP) is 3.80. The first-order valence-electron chi connectivity index (χ1n) is 9.87. The van der Waals surface area contributed by atoms with Gasteiger partial charge in [0.2, 0.25) is 5.91 Å². The largest absolute Gasteiger partial charge is 0.492 e. The molecule has 0 bridgehead atoms. The molecule has 0 aliphatic rings. The summed E-state index contributed by atoms with van der Waals surface area (Å²) < 4.78 is 24.8. The van der Waals surface area contributed by atoms with Gasteiger partial charge >= 0.3 is 0 Å². The minimum atomic E-state index is -0.324. The fourth-order valence-electron chi connectivity index (χ4n) is 2.64. The molecule has 1 amide bonds. The van der Waals surface area contributed by atoms with E-state index in [1.165, 1.54) is 19.1 Å². The summed E-state index contributed by atoms with van der Waals surface area (Å²) in [5.74, 6) is 1.33. The van der Waals surface area contributed by atoms with Gasteiger partial charge in [-0.2, -0.15) is 0 Å². The minimum Gasteiger partial charge on any atom is -0.492 e. The van der Waals surface area contributed by atoms with Crippen molar-refractivity contribution in [2.45, 2.75) is 26.4 Å². The van der Waals surface area contributed by atoms with Gasteiger partial charge in [0.05, 0.1) is 13.1 Å². The van der Waals surface area contributed by atoms with Crippen LogP contribution in [0.25, 0.3) is 0 Å². The third-order valence-corrected chi connectivity index (χ3v) is 4.09. The Morgan fingerprint density at radius 2 is 1.87 bits per heavy atom. The van der Waals surface area contributed by atoms with Gasteiger partial charge in [-0.25, -0.2) is 4.39 Å². The van der Waals surface area contributed by atoms with Gasteiger partial charge in [0.1, 0.15) is 30.0 Å². The number of anilines is 1. The van der Waals surface area contributed by atoms with Crippen LogP contribution in [0.1, 0.15) is 20.3 Å². The van der Waals surface area contributed by atoms with Crippen molar-refractivity contribution < 1.29 is 18.7 Å². The van der Waals surface area contributed by atoms with E-state index in [0.717, 1.165) is 6.42 Å². The molecule has 0 saturated heterocycles. The molecule has 1 unspecified atom stereocenters. The molecule has 0 radical (unpaired) electrons. The Morgan fingerprint density at radius 1 is 1.13 bits per heavy atom. The van der Waals surface area contributed by atoms with Crippen LogP contribution >= 0.6 is 24.0 Å². The number of nitrogens with zero attached hydrogens (tertiary/aromatic N) is 1. The Kier molecular flexibility index (Phi) is 12.3. The maximum atomic E-state index is 13.3. The smallest absolute Gasteiger partial charge is 0.221 e. The van der Waals surface area contributed by atoms with E-state index in [1.54, 1.807) is 31.3 Å². The molecule has 2 aromatic rings. The SMILES string of the molecule is CCC(CNC(=NC)NCCOc1cccc(NC(C)=O)c1)Oc1cccc(F)c1.I. The van der Waals surface area contributed by atoms with Crippen LogP contribution in [-0.2, 0) is 4.79 Å². The molecule has 2 aromatic carbocycles. The molecule has 7 nitrogen and oxygen atoms in total. The number of hydrogen-bond acceptors (Lipinski definition) is 4. The van der Waals surface area contributed by atoms with E-state index in [4.69, 9.17) is 9.47 Å². The van der Waals surface area contributed by atoms with Crippen LogP contribution in [-0.4, -0.2) is 44.7 Å². The first-order valence-corrected chi connectivity index (χ1v) is 9.87. The van der Waals surface area contributed by atoms with E-state index in [0.29, 0.717) is 42.8 Å². The second kappa shape index (κ2) is 14.4. The molecule has 0 aliphatic carbocycles. The molecule has 9 heteroatoms. The number of ether oxygens (including phenoxy) is 2. The van der Waals surface area contributed by atoms with Crippen LogP contribution < -0.4 is 25.4 Å². The Balaban J connectivity index is 0.00000480. The molecule has 0 heterocycles. The second-order valence-electron chi connectivity index (χ2n) is 6.54. The molecule has 3 N–H and O–H groups in total.